The second kappa shape index (κ2) is 14.4. The Balaban J connectivity index is 0.00000145. The molecule has 0 aliphatic heterocycles. The molecule has 1 atom stereocenters. The molecule has 1 heterocycles. The number of hydrogen-bond donors (Lipinski definition) is 3. The number of benzene rings is 2. The van der Waals surface area contributed by atoms with Crippen molar-refractivity contribution in [2.75, 3.05) is 31.8 Å². The van der Waals surface area contributed by atoms with Gasteiger partial charge in [0, 0.05) is 49.9 Å². The highest BCUT2D eigenvalue weighted by Gasteiger charge is 2.16. The lowest BCUT2D eigenvalue weighted by atomic mass is 10.0. The molecule has 8 heteroatoms. The second-order valence-corrected chi connectivity index (χ2v) is 8.07. The van der Waals surface area contributed by atoms with Gasteiger partial charge in [0.2, 0.25) is 5.95 Å². The Labute approximate surface area is 213 Å². The number of nitrogen functional groups attached to an aromatic ring is 1. The Kier molecular flexibility index (Phi) is 11.3. The number of halogens is 1. The molecule has 0 saturated heterocycles. The van der Waals surface area contributed by atoms with E-state index in [1.165, 1.54) is 6.07 Å². The van der Waals surface area contributed by atoms with Gasteiger partial charge in [-0.05, 0) is 50.7 Å². The van der Waals surface area contributed by atoms with Crippen LogP contribution in [0.1, 0.15) is 37.6 Å². The Bertz CT molecular complexity index is 1190. The SMILES string of the molecule is C=CN[C@@H](C)CNc1nccc(/C(C)=C(/N=C(C)c2ccccc2)c2cccc(N)c2F)n1.COC. The number of rotatable bonds is 9. The summed E-state index contributed by atoms with van der Waals surface area (Å²) in [4.78, 5) is 13.7. The van der Waals surface area contributed by atoms with Gasteiger partial charge in [0.1, 0.15) is 0 Å². The van der Waals surface area contributed by atoms with Crippen molar-refractivity contribution in [2.24, 2.45) is 4.99 Å². The first-order chi connectivity index (χ1) is 17.3. The minimum Gasteiger partial charge on any atom is -0.396 e. The van der Waals surface area contributed by atoms with Crippen molar-refractivity contribution in [1.82, 2.24) is 15.3 Å². The Hall–Kier alpha value is -4.04. The van der Waals surface area contributed by atoms with E-state index in [9.17, 15) is 0 Å². The van der Waals surface area contributed by atoms with Crippen LogP contribution in [-0.2, 0) is 4.74 Å². The Morgan fingerprint density at radius 3 is 2.50 bits per heavy atom. The molecule has 0 bridgehead atoms. The van der Waals surface area contributed by atoms with Gasteiger partial charge >= 0.3 is 0 Å². The molecule has 4 N–H and O–H groups in total. The van der Waals surface area contributed by atoms with Crippen molar-refractivity contribution in [1.29, 1.82) is 0 Å². The molecular weight excluding hydrogens is 455 g/mol. The maximum atomic E-state index is 15.1. The fourth-order valence-corrected chi connectivity index (χ4v) is 3.27. The van der Waals surface area contributed by atoms with Crippen LogP contribution in [0.3, 0.4) is 0 Å². The zero-order valence-electron chi connectivity index (χ0n) is 21.5. The molecule has 0 unspecified atom stereocenters. The Morgan fingerprint density at radius 1 is 1.14 bits per heavy atom. The lowest BCUT2D eigenvalue weighted by Crippen LogP contribution is -2.29. The van der Waals surface area contributed by atoms with Gasteiger partial charge in [0.05, 0.1) is 17.1 Å². The van der Waals surface area contributed by atoms with Crippen molar-refractivity contribution in [3.05, 3.63) is 96.2 Å². The van der Waals surface area contributed by atoms with Crippen LogP contribution in [0, 0.1) is 5.82 Å². The summed E-state index contributed by atoms with van der Waals surface area (Å²) in [6, 6.07) is 16.6. The lowest BCUT2D eigenvalue weighted by Gasteiger charge is -2.14. The number of nitrogens with two attached hydrogens (primary N) is 1. The second-order valence-electron chi connectivity index (χ2n) is 8.07. The van der Waals surface area contributed by atoms with Crippen molar-refractivity contribution < 1.29 is 9.13 Å². The Morgan fingerprint density at radius 2 is 1.83 bits per heavy atom. The molecule has 7 nitrogen and oxygen atoms in total. The monoisotopic (exact) mass is 490 g/mol. The van der Waals surface area contributed by atoms with Crippen molar-refractivity contribution in [3.8, 4) is 0 Å². The molecule has 3 rings (SSSR count). The number of ether oxygens (including phenoxy) is 1. The van der Waals surface area contributed by atoms with Crippen molar-refractivity contribution >= 4 is 28.6 Å². The third-order valence-electron chi connectivity index (χ3n) is 5.12. The lowest BCUT2D eigenvalue weighted by molar-refractivity contribution is 0.277. The van der Waals surface area contributed by atoms with Gasteiger partial charge in [-0.25, -0.2) is 14.4 Å². The van der Waals surface area contributed by atoms with E-state index in [1.807, 2.05) is 51.1 Å². The molecule has 2 aromatic carbocycles. The summed E-state index contributed by atoms with van der Waals surface area (Å²) in [6.07, 6.45) is 3.32. The van der Waals surface area contributed by atoms with E-state index < -0.39 is 5.82 Å². The molecule has 0 aliphatic carbocycles. The largest absolute Gasteiger partial charge is 0.396 e. The average molecular weight is 491 g/mol. The fraction of sp³-hybridized carbons (Fsp3) is 0.250. The minimum absolute atomic E-state index is 0.0686. The third-order valence-corrected chi connectivity index (χ3v) is 5.12. The van der Waals surface area contributed by atoms with Crippen LogP contribution in [0.25, 0.3) is 11.3 Å². The van der Waals surface area contributed by atoms with E-state index in [1.54, 1.807) is 44.8 Å². The smallest absolute Gasteiger partial charge is 0.223 e. The van der Waals surface area contributed by atoms with E-state index in [-0.39, 0.29) is 11.7 Å². The molecule has 0 saturated carbocycles. The number of nitrogens with zero attached hydrogens (tertiary/aromatic N) is 3. The van der Waals surface area contributed by atoms with Crippen LogP contribution in [-0.4, -0.2) is 42.5 Å². The fourth-order valence-electron chi connectivity index (χ4n) is 3.27. The first-order valence-corrected chi connectivity index (χ1v) is 11.5. The average Bonchev–Trinajstić information content (AvgIpc) is 2.89. The summed E-state index contributed by atoms with van der Waals surface area (Å²) in [5.41, 5.74) is 9.76. The van der Waals surface area contributed by atoms with Gasteiger partial charge in [-0.1, -0.05) is 43.0 Å². The summed E-state index contributed by atoms with van der Waals surface area (Å²) >= 11 is 0. The van der Waals surface area contributed by atoms with Crippen LogP contribution < -0.4 is 16.4 Å². The molecule has 0 spiro atoms. The third kappa shape index (κ3) is 8.02. The molecule has 0 fully saturated rings. The highest BCUT2D eigenvalue weighted by atomic mass is 19.1. The summed E-state index contributed by atoms with van der Waals surface area (Å²) in [7, 11) is 3.25. The number of anilines is 2. The summed E-state index contributed by atoms with van der Waals surface area (Å²) in [5.74, 6) is -0.0334. The number of aliphatic imine (C=N–C) groups is 1. The van der Waals surface area contributed by atoms with E-state index in [0.717, 1.165) is 11.3 Å². The van der Waals surface area contributed by atoms with Gasteiger partial charge in [-0.3, -0.25) is 4.99 Å². The van der Waals surface area contributed by atoms with Crippen LogP contribution in [0.2, 0.25) is 0 Å². The number of methoxy groups -OCH3 is 1. The normalized spacial score (nSPS) is 12.6. The minimum atomic E-state index is -0.506. The number of nitrogens with one attached hydrogen (secondary N) is 2. The van der Waals surface area contributed by atoms with E-state index >= 15 is 4.39 Å². The van der Waals surface area contributed by atoms with E-state index in [0.29, 0.717) is 35.0 Å². The molecule has 0 radical (unpaired) electrons. The number of aromatic nitrogens is 2. The first-order valence-electron chi connectivity index (χ1n) is 11.5. The highest BCUT2D eigenvalue weighted by Crippen LogP contribution is 2.31. The van der Waals surface area contributed by atoms with E-state index in [2.05, 4.69) is 31.9 Å². The van der Waals surface area contributed by atoms with Crippen molar-refractivity contribution in [2.45, 2.75) is 26.8 Å². The van der Waals surface area contributed by atoms with Crippen LogP contribution in [0.4, 0.5) is 16.0 Å². The number of hydrogen-bond acceptors (Lipinski definition) is 7. The van der Waals surface area contributed by atoms with Gasteiger partial charge < -0.3 is 21.1 Å². The molecular formula is C28H35FN6O. The van der Waals surface area contributed by atoms with E-state index in [4.69, 9.17) is 10.7 Å². The number of allylic oxidation sites excluding steroid dienone is 1. The molecule has 36 heavy (non-hydrogen) atoms. The maximum absolute atomic E-state index is 15.1. The standard InChI is InChI=1S/C26H29FN6.C2H6O/c1-5-29-17(2)16-31-26-30-15-14-23(33-26)18(3)25(21-12-9-13-22(28)24(21)27)32-19(4)20-10-7-6-8-11-20;1-3-2/h5-15,17,29H,1,16,28H2,2-4H3,(H,30,31,33);1-2H3/b25-18+,32-19?;/t17-;/m0./s1. The quantitative estimate of drug-likeness (QED) is 0.275. The predicted molar refractivity (Wildman–Crippen MR) is 148 cm³/mol. The van der Waals surface area contributed by atoms with Gasteiger partial charge in [0.15, 0.2) is 5.82 Å². The highest BCUT2D eigenvalue weighted by molar-refractivity contribution is 6.04. The molecule has 3 aromatic rings. The van der Waals surface area contributed by atoms with Crippen LogP contribution in [0.15, 0.2) is 78.6 Å². The maximum Gasteiger partial charge on any atom is 0.223 e. The molecule has 0 amide bonds. The molecule has 0 aliphatic rings. The summed E-state index contributed by atoms with van der Waals surface area (Å²) in [6.45, 7) is 10.1. The molecule has 1 aromatic heterocycles. The van der Waals surface area contributed by atoms with Gasteiger partial charge in [0.25, 0.3) is 0 Å². The van der Waals surface area contributed by atoms with Gasteiger partial charge in [-0.2, -0.15) is 0 Å². The zero-order chi connectivity index (χ0) is 26.5. The summed E-state index contributed by atoms with van der Waals surface area (Å²) in [5, 5.41) is 6.31. The topological polar surface area (TPSA) is 97.5 Å². The van der Waals surface area contributed by atoms with Gasteiger partial charge in [-0.15, -0.1) is 0 Å². The predicted octanol–water partition coefficient (Wildman–Crippen LogP) is 5.39. The summed E-state index contributed by atoms with van der Waals surface area (Å²) < 4.78 is 19.3. The van der Waals surface area contributed by atoms with Crippen LogP contribution in [0.5, 0.6) is 0 Å². The first kappa shape index (κ1) is 28.2. The van der Waals surface area contributed by atoms with Crippen molar-refractivity contribution in [3.63, 3.8) is 0 Å². The zero-order valence-corrected chi connectivity index (χ0v) is 21.5. The molecule has 190 valence electrons. The van der Waals surface area contributed by atoms with Crippen LogP contribution >= 0.6 is 0 Å².